The van der Waals surface area contributed by atoms with Crippen molar-refractivity contribution < 1.29 is 27.0 Å². The van der Waals surface area contributed by atoms with E-state index in [1.165, 1.54) is 11.3 Å². The summed E-state index contributed by atoms with van der Waals surface area (Å²) in [7, 11) is -4.60. The third-order valence-corrected chi connectivity index (χ3v) is 11.2. The Kier molecular flexibility index (Phi) is 7.69. The van der Waals surface area contributed by atoms with Crippen molar-refractivity contribution in [3.8, 4) is 10.4 Å². The van der Waals surface area contributed by atoms with E-state index in [1.807, 2.05) is 36.4 Å². The fraction of sp³-hybridized carbons (Fsp3) is 0.522. The van der Waals surface area contributed by atoms with Gasteiger partial charge >= 0.3 is 0 Å². The number of hydrogen-bond donors (Lipinski definition) is 1. The van der Waals surface area contributed by atoms with Gasteiger partial charge in [-0.05, 0) is 55.5 Å². The van der Waals surface area contributed by atoms with E-state index in [-0.39, 0.29) is 12.2 Å². The highest BCUT2D eigenvalue weighted by Gasteiger charge is 2.49. The zero-order valence-electron chi connectivity index (χ0n) is 18.6. The lowest BCUT2D eigenvalue weighted by molar-refractivity contribution is -0.200. The molecule has 1 amide bonds. The monoisotopic (exact) mass is 511 g/mol. The summed E-state index contributed by atoms with van der Waals surface area (Å²) in [6.45, 7) is 0.589. The maximum atomic E-state index is 13.3. The number of benzene rings is 1. The second-order valence-corrected chi connectivity index (χ2v) is 13.4. The van der Waals surface area contributed by atoms with Crippen molar-refractivity contribution in [3.05, 3.63) is 41.3 Å². The molecule has 2 aliphatic rings. The summed E-state index contributed by atoms with van der Waals surface area (Å²) in [5, 5.41) is 0. The number of thiophene rings is 1. The minimum absolute atomic E-state index is 0.0666. The molecule has 0 saturated carbocycles. The smallest absolute Gasteiger partial charge is 0.245 e. The van der Waals surface area contributed by atoms with E-state index in [0.717, 1.165) is 34.6 Å². The van der Waals surface area contributed by atoms with Crippen LogP contribution in [0.3, 0.4) is 0 Å². The molecule has 0 bridgehead atoms. The molecule has 4 rings (SSSR count). The maximum Gasteiger partial charge on any atom is 0.245 e. The predicted octanol–water partition coefficient (Wildman–Crippen LogP) is 3.91. The second kappa shape index (κ2) is 10.4. The number of nitrogens with one attached hydrogen (secondary N) is 1. The fourth-order valence-corrected chi connectivity index (χ4v) is 8.70. The van der Waals surface area contributed by atoms with Crippen molar-refractivity contribution in [1.82, 2.24) is 5.48 Å². The quantitative estimate of drug-likeness (QED) is 0.566. The van der Waals surface area contributed by atoms with Crippen molar-refractivity contribution in [2.24, 2.45) is 0 Å². The molecule has 0 aliphatic carbocycles. The van der Waals surface area contributed by atoms with Crippen molar-refractivity contribution in [3.63, 3.8) is 0 Å². The summed E-state index contributed by atoms with van der Waals surface area (Å²) in [4.78, 5) is 20.5. The number of carbonyl (C=O) groups excluding carboxylic acids is 1. The van der Waals surface area contributed by atoms with Gasteiger partial charge in [0.05, 0.1) is 12.2 Å². The minimum atomic E-state index is -3.54. The molecule has 3 heterocycles. The van der Waals surface area contributed by atoms with Crippen LogP contribution in [0.5, 0.6) is 0 Å². The molecule has 0 spiro atoms. The lowest BCUT2D eigenvalue weighted by Crippen LogP contribution is -2.45. The van der Waals surface area contributed by atoms with Crippen LogP contribution in [-0.4, -0.2) is 43.4 Å². The molecule has 1 aromatic carbocycles. The Morgan fingerprint density at radius 2 is 1.97 bits per heavy atom. The van der Waals surface area contributed by atoms with Crippen LogP contribution in [0, 0.1) is 0 Å². The zero-order chi connectivity index (χ0) is 23.5. The first-order valence-corrected chi connectivity index (χ1v) is 15.2. The fourth-order valence-electron chi connectivity index (χ4n) is 4.40. The highest BCUT2D eigenvalue weighted by molar-refractivity contribution is 7.92. The van der Waals surface area contributed by atoms with Gasteiger partial charge in [0.25, 0.3) is 0 Å². The number of ether oxygens (including phenoxy) is 1. The van der Waals surface area contributed by atoms with E-state index < -0.39 is 37.6 Å². The van der Waals surface area contributed by atoms with E-state index >= 15 is 0 Å². The first kappa shape index (κ1) is 24.5. The third-order valence-electron chi connectivity index (χ3n) is 6.25. The molecular formula is C23H29NO6S3. The minimum Gasteiger partial charge on any atom is -0.350 e. The lowest BCUT2D eigenvalue weighted by atomic mass is 9.94. The standard InChI is InChI=1S/C23H29NO6S3/c1-32(26)18-9-7-17(8-10-18)19-11-12-20(31-19)23(13-3-5-15-33(23,27)28)16-21(25)24-30-22-6-2-4-14-29-22/h7-12,22H,2-6,13-16H2,1H3,(H,24,25)/t22?,23-,32?/m0/s1. The Hall–Kier alpha value is -1.59. The summed E-state index contributed by atoms with van der Waals surface area (Å²) in [6.07, 6.45) is 5.32. The molecule has 33 heavy (non-hydrogen) atoms. The largest absolute Gasteiger partial charge is 0.350 e. The Balaban J connectivity index is 1.57. The molecule has 10 heteroatoms. The third kappa shape index (κ3) is 5.40. The van der Waals surface area contributed by atoms with Crippen LogP contribution in [0.1, 0.15) is 49.8 Å². The van der Waals surface area contributed by atoms with Gasteiger partial charge in [0.2, 0.25) is 5.91 Å². The normalized spacial score (nSPS) is 25.9. The van der Waals surface area contributed by atoms with Gasteiger partial charge in [0.15, 0.2) is 16.1 Å². The van der Waals surface area contributed by atoms with Crippen LogP contribution in [-0.2, 0) is 39.8 Å². The SMILES string of the molecule is CS(=O)c1ccc(-c2ccc([C@@]3(CC(=O)NOC4CCCCO4)CCCCS3(=O)=O)s2)cc1. The number of carbonyl (C=O) groups is 1. The first-order chi connectivity index (χ1) is 15.8. The van der Waals surface area contributed by atoms with Crippen molar-refractivity contribution in [1.29, 1.82) is 0 Å². The van der Waals surface area contributed by atoms with Crippen LogP contribution >= 0.6 is 11.3 Å². The van der Waals surface area contributed by atoms with Gasteiger partial charge in [-0.15, -0.1) is 11.3 Å². The number of sulfone groups is 1. The summed E-state index contributed by atoms with van der Waals surface area (Å²) in [6, 6.07) is 11.1. The van der Waals surface area contributed by atoms with Crippen LogP contribution in [0.4, 0.5) is 0 Å². The molecule has 2 unspecified atom stereocenters. The Morgan fingerprint density at radius 3 is 2.64 bits per heavy atom. The van der Waals surface area contributed by atoms with Gasteiger partial charge in [-0.25, -0.2) is 18.7 Å². The van der Waals surface area contributed by atoms with Crippen molar-refractivity contribution in [2.45, 2.75) is 60.9 Å². The van der Waals surface area contributed by atoms with E-state index in [4.69, 9.17) is 9.57 Å². The average molecular weight is 512 g/mol. The Morgan fingerprint density at radius 1 is 1.18 bits per heavy atom. The summed E-state index contributed by atoms with van der Waals surface area (Å²) < 4.78 is 42.6. The van der Waals surface area contributed by atoms with Crippen LogP contribution in [0.15, 0.2) is 41.3 Å². The zero-order valence-corrected chi connectivity index (χ0v) is 21.0. The molecule has 0 radical (unpaired) electrons. The lowest BCUT2D eigenvalue weighted by Gasteiger charge is -2.35. The summed E-state index contributed by atoms with van der Waals surface area (Å²) in [5.74, 6) is -0.392. The number of hydrogen-bond acceptors (Lipinski definition) is 7. The molecule has 1 N–H and O–H groups in total. The van der Waals surface area contributed by atoms with E-state index in [2.05, 4.69) is 5.48 Å². The second-order valence-electron chi connectivity index (χ2n) is 8.53. The van der Waals surface area contributed by atoms with Crippen LogP contribution in [0.2, 0.25) is 0 Å². The van der Waals surface area contributed by atoms with Gasteiger partial charge in [0, 0.05) is 44.7 Å². The van der Waals surface area contributed by atoms with E-state index in [1.54, 1.807) is 6.26 Å². The topological polar surface area (TPSA) is 98.8 Å². The molecule has 2 aliphatic heterocycles. The van der Waals surface area contributed by atoms with E-state index in [9.17, 15) is 17.4 Å². The van der Waals surface area contributed by atoms with Crippen LogP contribution in [0.25, 0.3) is 10.4 Å². The van der Waals surface area contributed by atoms with Gasteiger partial charge in [-0.1, -0.05) is 18.6 Å². The van der Waals surface area contributed by atoms with E-state index in [0.29, 0.717) is 30.7 Å². The Labute approximate surface area is 201 Å². The number of hydroxylamine groups is 1. The van der Waals surface area contributed by atoms with Crippen molar-refractivity contribution >= 4 is 37.9 Å². The van der Waals surface area contributed by atoms with Gasteiger partial charge < -0.3 is 4.74 Å². The van der Waals surface area contributed by atoms with Gasteiger partial charge in [-0.2, -0.15) is 0 Å². The summed E-state index contributed by atoms with van der Waals surface area (Å²) in [5.41, 5.74) is 3.36. The average Bonchev–Trinajstić information content (AvgIpc) is 3.30. The molecular weight excluding hydrogens is 482 g/mol. The van der Waals surface area contributed by atoms with Gasteiger partial charge in [-0.3, -0.25) is 9.00 Å². The first-order valence-electron chi connectivity index (χ1n) is 11.1. The maximum absolute atomic E-state index is 13.3. The number of amides is 1. The van der Waals surface area contributed by atoms with Crippen LogP contribution < -0.4 is 5.48 Å². The number of rotatable bonds is 7. The summed E-state index contributed by atoms with van der Waals surface area (Å²) >= 11 is 1.40. The molecule has 1 aromatic heterocycles. The molecule has 2 aromatic rings. The molecule has 2 fully saturated rings. The highest BCUT2D eigenvalue weighted by Crippen LogP contribution is 2.47. The predicted molar refractivity (Wildman–Crippen MR) is 129 cm³/mol. The highest BCUT2D eigenvalue weighted by atomic mass is 32.2. The molecule has 7 nitrogen and oxygen atoms in total. The van der Waals surface area contributed by atoms with Gasteiger partial charge in [0.1, 0.15) is 4.75 Å². The molecule has 3 atom stereocenters. The molecule has 2 saturated heterocycles. The Bertz CT molecular complexity index is 1110. The molecule has 180 valence electrons. The van der Waals surface area contributed by atoms with Crippen molar-refractivity contribution in [2.75, 3.05) is 18.6 Å².